The number of aryl methyl sites for hydroxylation is 2. The van der Waals surface area contributed by atoms with Crippen molar-refractivity contribution in [1.82, 2.24) is 4.98 Å². The Labute approximate surface area is 113 Å². The molecule has 0 saturated carbocycles. The zero-order chi connectivity index (χ0) is 13.8. The number of nitrogen functional groups attached to an aromatic ring is 1. The first kappa shape index (κ1) is 13.2. The largest absolute Gasteiger partial charge is 0.488 e. The van der Waals surface area contributed by atoms with E-state index >= 15 is 0 Å². The van der Waals surface area contributed by atoms with Gasteiger partial charge in [0.2, 0.25) is 5.88 Å². The topological polar surface area (TPSA) is 57.4 Å². The highest BCUT2D eigenvalue weighted by Crippen LogP contribution is 2.26. The van der Waals surface area contributed by atoms with E-state index < -0.39 is 0 Å². The SMILES string of the molecule is COc1ncccc1COc1cc(C)c(N)cc1C. The summed E-state index contributed by atoms with van der Waals surface area (Å²) < 4.78 is 11.0. The monoisotopic (exact) mass is 258 g/mol. The first-order valence-electron chi connectivity index (χ1n) is 6.09. The van der Waals surface area contributed by atoms with Crippen molar-refractivity contribution in [2.24, 2.45) is 0 Å². The molecule has 2 rings (SSSR count). The summed E-state index contributed by atoms with van der Waals surface area (Å²) >= 11 is 0. The van der Waals surface area contributed by atoms with E-state index in [0.29, 0.717) is 12.5 Å². The van der Waals surface area contributed by atoms with Gasteiger partial charge in [0.15, 0.2) is 0 Å². The predicted octanol–water partition coefficient (Wildman–Crippen LogP) is 2.87. The summed E-state index contributed by atoms with van der Waals surface area (Å²) in [6.07, 6.45) is 1.70. The Kier molecular flexibility index (Phi) is 3.90. The Morgan fingerprint density at radius 2 is 2.00 bits per heavy atom. The normalized spacial score (nSPS) is 10.3. The molecular weight excluding hydrogens is 240 g/mol. The Bertz CT molecular complexity index is 582. The summed E-state index contributed by atoms with van der Waals surface area (Å²) in [5, 5.41) is 0. The molecule has 19 heavy (non-hydrogen) atoms. The van der Waals surface area contributed by atoms with Crippen LogP contribution in [0.15, 0.2) is 30.5 Å². The predicted molar refractivity (Wildman–Crippen MR) is 75.4 cm³/mol. The van der Waals surface area contributed by atoms with Crippen LogP contribution in [0.2, 0.25) is 0 Å². The Morgan fingerprint density at radius 3 is 2.74 bits per heavy atom. The average molecular weight is 258 g/mol. The molecule has 1 heterocycles. The van der Waals surface area contributed by atoms with Crippen LogP contribution in [0.4, 0.5) is 5.69 Å². The number of methoxy groups -OCH3 is 1. The Hall–Kier alpha value is -2.23. The third-order valence-electron chi connectivity index (χ3n) is 2.99. The lowest BCUT2D eigenvalue weighted by Crippen LogP contribution is -2.02. The molecular formula is C15H18N2O2. The molecule has 0 radical (unpaired) electrons. The molecule has 0 amide bonds. The number of nitrogens with two attached hydrogens (primary N) is 1. The van der Waals surface area contributed by atoms with E-state index in [1.807, 2.05) is 38.1 Å². The summed E-state index contributed by atoms with van der Waals surface area (Å²) in [5.74, 6) is 1.42. The van der Waals surface area contributed by atoms with Gasteiger partial charge in [0.25, 0.3) is 0 Å². The highest BCUT2D eigenvalue weighted by Gasteiger charge is 2.07. The van der Waals surface area contributed by atoms with Crippen molar-refractivity contribution < 1.29 is 9.47 Å². The average Bonchev–Trinajstić information content (AvgIpc) is 2.41. The summed E-state index contributed by atoms with van der Waals surface area (Å²) in [7, 11) is 1.60. The highest BCUT2D eigenvalue weighted by atomic mass is 16.5. The molecule has 2 aromatic rings. The van der Waals surface area contributed by atoms with Crippen molar-refractivity contribution in [2.75, 3.05) is 12.8 Å². The van der Waals surface area contributed by atoms with E-state index in [9.17, 15) is 0 Å². The first-order valence-corrected chi connectivity index (χ1v) is 6.09. The van der Waals surface area contributed by atoms with Gasteiger partial charge in [0.1, 0.15) is 12.4 Å². The lowest BCUT2D eigenvalue weighted by molar-refractivity contribution is 0.292. The molecule has 1 aromatic carbocycles. The minimum Gasteiger partial charge on any atom is -0.488 e. The maximum Gasteiger partial charge on any atom is 0.219 e. The minimum absolute atomic E-state index is 0.418. The molecule has 0 fully saturated rings. The second-order valence-electron chi connectivity index (χ2n) is 4.43. The summed E-state index contributed by atoms with van der Waals surface area (Å²) in [6.45, 7) is 4.36. The zero-order valence-corrected chi connectivity index (χ0v) is 11.4. The molecule has 0 aliphatic carbocycles. The van der Waals surface area contributed by atoms with Gasteiger partial charge >= 0.3 is 0 Å². The fraction of sp³-hybridized carbons (Fsp3) is 0.267. The Morgan fingerprint density at radius 1 is 1.21 bits per heavy atom. The van der Waals surface area contributed by atoms with Gasteiger partial charge in [-0.2, -0.15) is 0 Å². The molecule has 1 aromatic heterocycles. The van der Waals surface area contributed by atoms with E-state index in [1.54, 1.807) is 13.3 Å². The number of rotatable bonds is 4. The van der Waals surface area contributed by atoms with Crippen molar-refractivity contribution in [3.8, 4) is 11.6 Å². The zero-order valence-electron chi connectivity index (χ0n) is 11.4. The van der Waals surface area contributed by atoms with Crippen LogP contribution >= 0.6 is 0 Å². The molecule has 0 aliphatic heterocycles. The molecule has 0 atom stereocenters. The van der Waals surface area contributed by atoms with Gasteiger partial charge < -0.3 is 15.2 Å². The van der Waals surface area contributed by atoms with Gasteiger partial charge in [0, 0.05) is 11.9 Å². The molecule has 0 spiro atoms. The van der Waals surface area contributed by atoms with Crippen LogP contribution in [0, 0.1) is 13.8 Å². The van der Waals surface area contributed by atoms with Crippen LogP contribution in [0.3, 0.4) is 0 Å². The lowest BCUT2D eigenvalue weighted by Gasteiger charge is -2.12. The van der Waals surface area contributed by atoms with Crippen molar-refractivity contribution in [1.29, 1.82) is 0 Å². The van der Waals surface area contributed by atoms with Crippen LogP contribution in [-0.2, 0) is 6.61 Å². The van der Waals surface area contributed by atoms with Crippen molar-refractivity contribution in [3.05, 3.63) is 47.2 Å². The second kappa shape index (κ2) is 5.61. The summed E-state index contributed by atoms with van der Waals surface area (Å²) in [4.78, 5) is 4.14. The van der Waals surface area contributed by atoms with Gasteiger partial charge in [-0.15, -0.1) is 0 Å². The van der Waals surface area contributed by atoms with Crippen LogP contribution in [0.25, 0.3) is 0 Å². The third kappa shape index (κ3) is 2.96. The van der Waals surface area contributed by atoms with Crippen LogP contribution in [-0.4, -0.2) is 12.1 Å². The Balaban J connectivity index is 2.17. The van der Waals surface area contributed by atoms with E-state index in [1.165, 1.54) is 0 Å². The van der Waals surface area contributed by atoms with Crippen LogP contribution < -0.4 is 15.2 Å². The molecule has 4 nitrogen and oxygen atoms in total. The molecule has 100 valence electrons. The van der Waals surface area contributed by atoms with Crippen molar-refractivity contribution in [2.45, 2.75) is 20.5 Å². The smallest absolute Gasteiger partial charge is 0.219 e. The molecule has 0 unspecified atom stereocenters. The standard InChI is InChI=1S/C15H18N2O2/c1-10-8-14(11(2)7-13(10)16)19-9-12-5-4-6-17-15(12)18-3/h4-8H,9,16H2,1-3H3. The number of pyridine rings is 1. The fourth-order valence-electron chi connectivity index (χ4n) is 1.84. The van der Waals surface area contributed by atoms with Gasteiger partial charge in [-0.25, -0.2) is 4.98 Å². The molecule has 0 saturated heterocycles. The molecule has 0 bridgehead atoms. The summed E-state index contributed by atoms with van der Waals surface area (Å²) in [5.41, 5.74) is 9.59. The number of nitrogens with zero attached hydrogens (tertiary/aromatic N) is 1. The van der Waals surface area contributed by atoms with Crippen LogP contribution in [0.1, 0.15) is 16.7 Å². The van der Waals surface area contributed by atoms with Gasteiger partial charge in [-0.3, -0.25) is 0 Å². The number of ether oxygens (including phenoxy) is 2. The van der Waals surface area contributed by atoms with Gasteiger partial charge in [0.05, 0.1) is 12.7 Å². The number of benzene rings is 1. The van der Waals surface area contributed by atoms with E-state index in [4.69, 9.17) is 15.2 Å². The van der Waals surface area contributed by atoms with Gasteiger partial charge in [-0.05, 0) is 49.2 Å². The number of hydrogen-bond acceptors (Lipinski definition) is 4. The number of hydrogen-bond donors (Lipinski definition) is 1. The molecule has 2 N–H and O–H groups in total. The second-order valence-corrected chi connectivity index (χ2v) is 4.43. The minimum atomic E-state index is 0.418. The van der Waals surface area contributed by atoms with E-state index in [2.05, 4.69) is 4.98 Å². The maximum atomic E-state index is 5.86. The fourth-order valence-corrected chi connectivity index (χ4v) is 1.84. The maximum absolute atomic E-state index is 5.86. The highest BCUT2D eigenvalue weighted by molar-refractivity contribution is 5.53. The van der Waals surface area contributed by atoms with Crippen molar-refractivity contribution >= 4 is 5.69 Å². The lowest BCUT2D eigenvalue weighted by atomic mass is 10.1. The molecule has 0 aliphatic rings. The van der Waals surface area contributed by atoms with E-state index in [0.717, 1.165) is 28.1 Å². The number of anilines is 1. The van der Waals surface area contributed by atoms with Gasteiger partial charge in [-0.1, -0.05) is 0 Å². The quantitative estimate of drug-likeness (QED) is 0.857. The molecule has 4 heteroatoms. The third-order valence-corrected chi connectivity index (χ3v) is 2.99. The summed E-state index contributed by atoms with van der Waals surface area (Å²) in [6, 6.07) is 7.67. The first-order chi connectivity index (χ1) is 9.11. The van der Waals surface area contributed by atoms with E-state index in [-0.39, 0.29) is 0 Å². The van der Waals surface area contributed by atoms with Crippen LogP contribution in [0.5, 0.6) is 11.6 Å². The number of aromatic nitrogens is 1. The van der Waals surface area contributed by atoms with Crippen molar-refractivity contribution in [3.63, 3.8) is 0 Å².